The third-order valence-corrected chi connectivity index (χ3v) is 0. The van der Waals surface area contributed by atoms with Crippen LogP contribution in [0.5, 0.6) is 0 Å². The van der Waals surface area contributed by atoms with Crippen LogP contribution in [0.2, 0.25) is 0 Å². The zero-order valence-corrected chi connectivity index (χ0v) is 8.48. The van der Waals surface area contributed by atoms with Gasteiger partial charge in [0.05, 0.1) is 0 Å². The van der Waals surface area contributed by atoms with Gasteiger partial charge >= 0.3 is 31.1 Å². The van der Waals surface area contributed by atoms with E-state index in [1.165, 1.54) is 26.4 Å². The first-order valence-corrected chi connectivity index (χ1v) is 1.41. The first-order valence-electron chi connectivity index (χ1n) is 1.41. The summed E-state index contributed by atoms with van der Waals surface area (Å²) in [5.74, 6) is 0. The molecule has 0 rings (SSSR count). The molecular weight excluding hydrogens is 318 g/mol. The minimum atomic E-state index is 0. The summed E-state index contributed by atoms with van der Waals surface area (Å²) < 4.78 is 0. The van der Waals surface area contributed by atoms with E-state index >= 15 is 0 Å². The van der Waals surface area contributed by atoms with E-state index in [1.807, 2.05) is 0 Å². The van der Waals surface area contributed by atoms with Crippen molar-refractivity contribution in [1.29, 1.82) is 0 Å². The molecule has 7 heavy (non-hydrogen) atoms. The van der Waals surface area contributed by atoms with E-state index in [2.05, 4.69) is 0 Å². The standard InChI is InChI=1S/2C2H3O.U/c2*1-2-3;/h2*1H3;/q2*-1;+2. The molecule has 0 aromatic heterocycles. The second-order valence-corrected chi connectivity index (χ2v) is 0.408. The average Bonchev–Trinajstić information content (AvgIpc) is 1.39. The van der Waals surface area contributed by atoms with Crippen LogP contribution in [0.25, 0.3) is 0 Å². The SMILES string of the molecule is C[C-]=O.C[C-]=O.[U+2]. The Balaban J connectivity index is -0.0000000400. The van der Waals surface area contributed by atoms with Crippen molar-refractivity contribution < 1.29 is 40.7 Å². The van der Waals surface area contributed by atoms with E-state index in [0.29, 0.717) is 0 Å². The predicted molar refractivity (Wildman–Crippen MR) is 22.7 cm³/mol. The third-order valence-electron chi connectivity index (χ3n) is 0. The molecule has 0 saturated heterocycles. The quantitative estimate of drug-likeness (QED) is 0.598. The molecule has 0 amide bonds. The molecule has 0 aromatic carbocycles. The van der Waals surface area contributed by atoms with Crippen LogP contribution in [-0.4, -0.2) is 12.6 Å². The molecule has 38 valence electrons. The monoisotopic (exact) mass is 324 g/mol. The number of rotatable bonds is 0. The second kappa shape index (κ2) is 32.5. The van der Waals surface area contributed by atoms with Crippen molar-refractivity contribution in [2.75, 3.05) is 0 Å². The molecule has 0 unspecified atom stereocenters. The Kier molecular flexibility index (Phi) is 72.6. The van der Waals surface area contributed by atoms with Crippen molar-refractivity contribution >= 4 is 12.6 Å². The van der Waals surface area contributed by atoms with E-state index < -0.39 is 0 Å². The van der Waals surface area contributed by atoms with Crippen LogP contribution in [0.4, 0.5) is 0 Å². The van der Waals surface area contributed by atoms with E-state index in [-0.39, 0.29) is 31.1 Å². The summed E-state index contributed by atoms with van der Waals surface area (Å²) in [7, 11) is 0. The van der Waals surface area contributed by atoms with Crippen molar-refractivity contribution in [2.24, 2.45) is 0 Å². The summed E-state index contributed by atoms with van der Waals surface area (Å²) in [4.78, 5) is 17.4. The summed E-state index contributed by atoms with van der Waals surface area (Å²) in [6.45, 7) is 2.64. The minimum Gasteiger partial charge on any atom is -0.542 e. The van der Waals surface area contributed by atoms with Crippen LogP contribution in [-0.2, 0) is 9.59 Å². The van der Waals surface area contributed by atoms with E-state index in [4.69, 9.17) is 9.59 Å². The molecule has 0 saturated carbocycles. The molecule has 0 fully saturated rings. The molecule has 0 aromatic rings. The predicted octanol–water partition coefficient (Wildman–Crippen LogP) is 0.232. The maximum Gasteiger partial charge on any atom is 2.00 e. The molecule has 0 atom stereocenters. The number of hydrogen-bond acceptors (Lipinski definition) is 2. The van der Waals surface area contributed by atoms with Gasteiger partial charge in [-0.2, -0.15) is 13.8 Å². The van der Waals surface area contributed by atoms with E-state index in [0.717, 1.165) is 0 Å². The fraction of sp³-hybridized carbons (Fsp3) is 0.500. The van der Waals surface area contributed by atoms with Gasteiger partial charge in [0, 0.05) is 0 Å². The summed E-state index contributed by atoms with van der Waals surface area (Å²) in [5.41, 5.74) is 0. The van der Waals surface area contributed by atoms with Gasteiger partial charge in [-0.05, 0) is 0 Å². The molecule has 0 N–H and O–H groups in total. The van der Waals surface area contributed by atoms with Gasteiger partial charge in [-0.15, -0.1) is 0 Å². The Hall–Kier alpha value is 0.392. The van der Waals surface area contributed by atoms with E-state index in [1.54, 1.807) is 0 Å². The Morgan fingerprint density at radius 3 is 1.00 bits per heavy atom. The van der Waals surface area contributed by atoms with Crippen molar-refractivity contribution in [3.63, 3.8) is 0 Å². The van der Waals surface area contributed by atoms with Gasteiger partial charge in [0.15, 0.2) is 0 Å². The van der Waals surface area contributed by atoms with Crippen LogP contribution in [0.1, 0.15) is 13.8 Å². The Morgan fingerprint density at radius 2 is 1.00 bits per heavy atom. The topological polar surface area (TPSA) is 34.1 Å². The van der Waals surface area contributed by atoms with Crippen molar-refractivity contribution in [1.82, 2.24) is 0 Å². The minimum absolute atomic E-state index is 0. The second-order valence-electron chi connectivity index (χ2n) is 0.408. The Bertz CT molecular complexity index is 30.7. The molecule has 3 heteroatoms. The van der Waals surface area contributed by atoms with Crippen LogP contribution in [0.15, 0.2) is 0 Å². The number of carbonyl (C=O) groups excluding carboxylic acids is 2. The van der Waals surface area contributed by atoms with Gasteiger partial charge < -0.3 is 9.59 Å². The number of hydrogen-bond donors (Lipinski definition) is 0. The van der Waals surface area contributed by atoms with Gasteiger partial charge in [-0.25, -0.2) is 0 Å². The Labute approximate surface area is 67.0 Å². The van der Waals surface area contributed by atoms with E-state index in [9.17, 15) is 0 Å². The van der Waals surface area contributed by atoms with Crippen molar-refractivity contribution in [2.45, 2.75) is 13.8 Å². The van der Waals surface area contributed by atoms with Gasteiger partial charge in [0.1, 0.15) is 0 Å². The maximum absolute atomic E-state index is 8.68. The summed E-state index contributed by atoms with van der Waals surface area (Å²) in [6, 6.07) is 0. The van der Waals surface area contributed by atoms with Crippen LogP contribution >= 0.6 is 0 Å². The summed E-state index contributed by atoms with van der Waals surface area (Å²) >= 11 is 0. The van der Waals surface area contributed by atoms with Crippen molar-refractivity contribution in [3.05, 3.63) is 0 Å². The molecular formula is C4H6O2U. The fourth-order valence-corrected chi connectivity index (χ4v) is 0. The summed E-state index contributed by atoms with van der Waals surface area (Å²) in [6.07, 6.45) is 3.00. The molecule has 0 radical (unpaired) electrons. The smallest absolute Gasteiger partial charge is 0.542 e. The normalized spacial score (nSPS) is 3.71. The van der Waals surface area contributed by atoms with Gasteiger partial charge in [-0.1, -0.05) is 0 Å². The summed E-state index contributed by atoms with van der Waals surface area (Å²) in [5, 5.41) is 0. The third kappa shape index (κ3) is 803. The van der Waals surface area contributed by atoms with Crippen molar-refractivity contribution in [3.8, 4) is 0 Å². The first kappa shape index (κ1) is 15.7. The molecule has 0 spiro atoms. The molecule has 0 aliphatic carbocycles. The zero-order chi connectivity index (χ0) is 5.41. The van der Waals surface area contributed by atoms with Crippen LogP contribution in [0.3, 0.4) is 0 Å². The van der Waals surface area contributed by atoms with Crippen LogP contribution < -0.4 is 0 Å². The van der Waals surface area contributed by atoms with Gasteiger partial charge in [0.25, 0.3) is 0 Å². The fourth-order valence-electron chi connectivity index (χ4n) is 0. The van der Waals surface area contributed by atoms with Crippen LogP contribution in [0, 0.1) is 31.1 Å². The molecule has 0 bridgehead atoms. The van der Waals surface area contributed by atoms with Gasteiger partial charge in [0.2, 0.25) is 0 Å². The average molecular weight is 324 g/mol. The van der Waals surface area contributed by atoms with Gasteiger partial charge in [-0.3, -0.25) is 12.6 Å². The molecule has 0 aliphatic rings. The Morgan fingerprint density at radius 1 is 1.00 bits per heavy atom. The molecule has 0 aliphatic heterocycles. The zero-order valence-electron chi connectivity index (χ0n) is 4.32. The molecule has 2 nitrogen and oxygen atoms in total. The largest absolute Gasteiger partial charge is 2.00 e. The maximum atomic E-state index is 8.68. The molecule has 0 heterocycles. The first-order chi connectivity index (χ1) is 2.83.